The molecule has 1 aromatic rings. The van der Waals surface area contributed by atoms with E-state index in [1.807, 2.05) is 6.92 Å². The van der Waals surface area contributed by atoms with Crippen LogP contribution in [0.1, 0.15) is 44.4 Å². The summed E-state index contributed by atoms with van der Waals surface area (Å²) >= 11 is 0. The number of hydrogen-bond donors (Lipinski definition) is 1. The zero-order valence-corrected chi connectivity index (χ0v) is 11.8. The fourth-order valence-electron chi connectivity index (χ4n) is 1.78. The predicted octanol–water partition coefficient (Wildman–Crippen LogP) is 3.46. The zero-order chi connectivity index (χ0) is 13.4. The standard InChI is InChI=1S/C16H23NO/c1-5-7-11-18-16-12-13(3)8-9-15(16)14(4)17-10-6-2/h8-9,12,14,17H,6,10-11H2,1-4H3. The Labute approximate surface area is 111 Å². The Hall–Kier alpha value is -1.46. The van der Waals surface area contributed by atoms with Gasteiger partial charge in [-0.05, 0) is 45.4 Å². The Balaban J connectivity index is 2.83. The van der Waals surface area contributed by atoms with Crippen LogP contribution in [0.5, 0.6) is 5.75 Å². The molecule has 2 heteroatoms. The van der Waals surface area contributed by atoms with Gasteiger partial charge >= 0.3 is 0 Å². The first-order valence-electron chi connectivity index (χ1n) is 6.55. The van der Waals surface area contributed by atoms with Crippen LogP contribution in [0.4, 0.5) is 0 Å². The fraction of sp³-hybridized carbons (Fsp3) is 0.500. The van der Waals surface area contributed by atoms with Crippen LogP contribution in [0.25, 0.3) is 0 Å². The van der Waals surface area contributed by atoms with Crippen LogP contribution in [0.2, 0.25) is 0 Å². The van der Waals surface area contributed by atoms with E-state index in [9.17, 15) is 0 Å². The van der Waals surface area contributed by atoms with Gasteiger partial charge in [0.15, 0.2) is 0 Å². The van der Waals surface area contributed by atoms with Crippen molar-refractivity contribution in [2.75, 3.05) is 13.2 Å². The van der Waals surface area contributed by atoms with Gasteiger partial charge in [-0.1, -0.05) is 25.0 Å². The van der Waals surface area contributed by atoms with Crippen molar-refractivity contribution in [3.8, 4) is 17.6 Å². The molecule has 1 rings (SSSR count). The van der Waals surface area contributed by atoms with Crippen molar-refractivity contribution in [2.45, 2.75) is 40.2 Å². The number of nitrogens with one attached hydrogen (secondary N) is 1. The third-order valence-corrected chi connectivity index (χ3v) is 2.81. The third-order valence-electron chi connectivity index (χ3n) is 2.81. The molecule has 0 bridgehead atoms. The Kier molecular flexibility index (Phi) is 6.32. The quantitative estimate of drug-likeness (QED) is 0.775. The molecule has 98 valence electrons. The molecular weight excluding hydrogens is 222 g/mol. The molecule has 0 saturated heterocycles. The molecule has 1 unspecified atom stereocenters. The van der Waals surface area contributed by atoms with Crippen molar-refractivity contribution in [2.24, 2.45) is 0 Å². The highest BCUT2D eigenvalue weighted by Crippen LogP contribution is 2.26. The summed E-state index contributed by atoms with van der Waals surface area (Å²) in [5, 5.41) is 3.48. The molecule has 0 aliphatic heterocycles. The van der Waals surface area contributed by atoms with E-state index >= 15 is 0 Å². The molecule has 0 aliphatic rings. The number of ether oxygens (including phenoxy) is 1. The molecule has 0 radical (unpaired) electrons. The Morgan fingerprint density at radius 3 is 2.83 bits per heavy atom. The van der Waals surface area contributed by atoms with Crippen molar-refractivity contribution in [1.82, 2.24) is 5.32 Å². The number of hydrogen-bond acceptors (Lipinski definition) is 2. The number of benzene rings is 1. The molecule has 0 fully saturated rings. The van der Waals surface area contributed by atoms with Crippen LogP contribution in [-0.4, -0.2) is 13.2 Å². The topological polar surface area (TPSA) is 21.3 Å². The van der Waals surface area contributed by atoms with Gasteiger partial charge in [0.2, 0.25) is 0 Å². The van der Waals surface area contributed by atoms with Crippen molar-refractivity contribution in [1.29, 1.82) is 0 Å². The van der Waals surface area contributed by atoms with Gasteiger partial charge in [-0.3, -0.25) is 0 Å². The summed E-state index contributed by atoms with van der Waals surface area (Å²) in [5.74, 6) is 6.72. The molecule has 1 N–H and O–H groups in total. The zero-order valence-electron chi connectivity index (χ0n) is 11.8. The second-order valence-electron chi connectivity index (χ2n) is 4.43. The van der Waals surface area contributed by atoms with Crippen LogP contribution in [0.15, 0.2) is 18.2 Å². The Morgan fingerprint density at radius 1 is 1.39 bits per heavy atom. The second-order valence-corrected chi connectivity index (χ2v) is 4.43. The van der Waals surface area contributed by atoms with Gasteiger partial charge in [0.05, 0.1) is 0 Å². The van der Waals surface area contributed by atoms with Gasteiger partial charge in [-0.2, -0.15) is 0 Å². The predicted molar refractivity (Wildman–Crippen MR) is 76.8 cm³/mol. The van der Waals surface area contributed by atoms with E-state index in [-0.39, 0.29) is 0 Å². The lowest BCUT2D eigenvalue weighted by Gasteiger charge is -2.18. The first kappa shape index (κ1) is 14.6. The minimum Gasteiger partial charge on any atom is -0.481 e. The highest BCUT2D eigenvalue weighted by molar-refractivity contribution is 5.39. The lowest BCUT2D eigenvalue weighted by molar-refractivity contribution is 0.360. The molecule has 0 saturated carbocycles. The first-order chi connectivity index (χ1) is 8.69. The smallest absolute Gasteiger partial charge is 0.149 e. The largest absolute Gasteiger partial charge is 0.481 e. The van der Waals surface area contributed by atoms with E-state index in [2.05, 4.69) is 56.1 Å². The summed E-state index contributed by atoms with van der Waals surface area (Å²) in [6.45, 7) is 9.71. The average Bonchev–Trinajstić information content (AvgIpc) is 2.36. The van der Waals surface area contributed by atoms with E-state index in [1.165, 1.54) is 11.1 Å². The maximum absolute atomic E-state index is 5.75. The second kappa shape index (κ2) is 7.79. The molecule has 0 heterocycles. The molecule has 0 aromatic heterocycles. The van der Waals surface area contributed by atoms with Crippen molar-refractivity contribution in [3.63, 3.8) is 0 Å². The van der Waals surface area contributed by atoms with Gasteiger partial charge in [0.25, 0.3) is 0 Å². The van der Waals surface area contributed by atoms with Crippen LogP contribution in [0, 0.1) is 18.8 Å². The van der Waals surface area contributed by atoms with E-state index in [1.54, 1.807) is 0 Å². The highest BCUT2D eigenvalue weighted by Gasteiger charge is 2.10. The number of aryl methyl sites for hydroxylation is 1. The Bertz CT molecular complexity index is 428. The van der Waals surface area contributed by atoms with Gasteiger partial charge < -0.3 is 10.1 Å². The van der Waals surface area contributed by atoms with Gasteiger partial charge in [0, 0.05) is 11.6 Å². The van der Waals surface area contributed by atoms with Crippen LogP contribution < -0.4 is 10.1 Å². The Morgan fingerprint density at radius 2 is 2.17 bits per heavy atom. The molecule has 1 atom stereocenters. The summed E-state index contributed by atoms with van der Waals surface area (Å²) in [6.07, 6.45) is 1.13. The summed E-state index contributed by atoms with van der Waals surface area (Å²) in [4.78, 5) is 0. The monoisotopic (exact) mass is 245 g/mol. The third kappa shape index (κ3) is 4.43. The van der Waals surface area contributed by atoms with E-state index in [0.717, 1.165) is 18.7 Å². The molecule has 0 aliphatic carbocycles. The average molecular weight is 245 g/mol. The highest BCUT2D eigenvalue weighted by atomic mass is 16.5. The van der Waals surface area contributed by atoms with E-state index < -0.39 is 0 Å². The molecule has 1 aromatic carbocycles. The van der Waals surface area contributed by atoms with E-state index in [0.29, 0.717) is 12.6 Å². The van der Waals surface area contributed by atoms with E-state index in [4.69, 9.17) is 4.74 Å². The maximum Gasteiger partial charge on any atom is 0.149 e. The van der Waals surface area contributed by atoms with Crippen LogP contribution in [0.3, 0.4) is 0 Å². The van der Waals surface area contributed by atoms with Gasteiger partial charge in [-0.25, -0.2) is 0 Å². The molecule has 18 heavy (non-hydrogen) atoms. The van der Waals surface area contributed by atoms with Gasteiger partial charge in [0.1, 0.15) is 12.4 Å². The molecule has 0 spiro atoms. The summed E-state index contributed by atoms with van der Waals surface area (Å²) < 4.78 is 5.75. The van der Waals surface area contributed by atoms with Crippen LogP contribution in [-0.2, 0) is 0 Å². The van der Waals surface area contributed by atoms with Crippen LogP contribution >= 0.6 is 0 Å². The summed E-state index contributed by atoms with van der Waals surface area (Å²) in [6, 6.07) is 6.64. The fourth-order valence-corrected chi connectivity index (χ4v) is 1.78. The summed E-state index contributed by atoms with van der Waals surface area (Å²) in [5.41, 5.74) is 2.41. The normalized spacial score (nSPS) is 11.6. The molecular formula is C16H23NO. The molecule has 2 nitrogen and oxygen atoms in total. The lowest BCUT2D eigenvalue weighted by Crippen LogP contribution is -2.20. The van der Waals surface area contributed by atoms with Crippen molar-refractivity contribution >= 4 is 0 Å². The van der Waals surface area contributed by atoms with Crippen molar-refractivity contribution in [3.05, 3.63) is 29.3 Å². The maximum atomic E-state index is 5.75. The SMILES string of the molecule is CC#CCOc1cc(C)ccc1C(C)NCCC. The lowest BCUT2D eigenvalue weighted by atomic mass is 10.0. The molecule has 0 amide bonds. The first-order valence-corrected chi connectivity index (χ1v) is 6.55. The summed E-state index contributed by atoms with van der Waals surface area (Å²) in [7, 11) is 0. The minimum atomic E-state index is 0.301. The van der Waals surface area contributed by atoms with Gasteiger partial charge in [-0.15, -0.1) is 5.92 Å². The minimum absolute atomic E-state index is 0.301. The number of rotatable bonds is 6. The van der Waals surface area contributed by atoms with Crippen molar-refractivity contribution < 1.29 is 4.74 Å².